The van der Waals surface area contributed by atoms with Crippen LogP contribution in [0.25, 0.3) is 10.9 Å². The molecule has 1 aromatic carbocycles. The molecule has 24 heavy (non-hydrogen) atoms. The maximum absolute atomic E-state index is 12.5. The van der Waals surface area contributed by atoms with Gasteiger partial charge in [-0.2, -0.15) is 17.5 Å². The molecule has 1 aliphatic rings. The lowest BCUT2D eigenvalue weighted by atomic mass is 10.2. The van der Waals surface area contributed by atoms with Crippen LogP contribution in [0.5, 0.6) is 0 Å². The van der Waals surface area contributed by atoms with Gasteiger partial charge in [0.05, 0.1) is 12.1 Å². The highest BCUT2D eigenvalue weighted by Crippen LogP contribution is 2.30. The number of benzene rings is 1. The number of anilines is 1. The van der Waals surface area contributed by atoms with Gasteiger partial charge in [0.25, 0.3) is 0 Å². The number of carbonyl (C=O) groups is 1. The van der Waals surface area contributed by atoms with Gasteiger partial charge in [-0.15, -0.1) is 0 Å². The Balaban J connectivity index is 1.74. The van der Waals surface area contributed by atoms with Crippen LogP contribution < -0.4 is 4.90 Å². The summed E-state index contributed by atoms with van der Waals surface area (Å²) in [5, 5.41) is 9.69. The Morgan fingerprint density at radius 2 is 2.25 bits per heavy atom. The third kappa shape index (κ3) is 3.46. The van der Waals surface area contributed by atoms with E-state index >= 15 is 0 Å². The largest absolute Gasteiger partial charge is 0.477 e. The fraction of sp³-hybridized carbons (Fsp3) is 0.467. The summed E-state index contributed by atoms with van der Waals surface area (Å²) in [5.74, 6) is -1.01. The number of likely N-dealkylation sites (N-methyl/N-ethyl adjacent to an activating group) is 1. The molecular formula is C15H16F3N3O2S. The van der Waals surface area contributed by atoms with Gasteiger partial charge in [0.15, 0.2) is 0 Å². The van der Waals surface area contributed by atoms with E-state index in [-0.39, 0.29) is 10.9 Å². The van der Waals surface area contributed by atoms with Crippen LogP contribution in [0.1, 0.15) is 16.1 Å². The van der Waals surface area contributed by atoms with Gasteiger partial charge in [-0.25, -0.2) is 4.79 Å². The molecule has 0 saturated carbocycles. The number of halogens is 3. The van der Waals surface area contributed by atoms with E-state index in [0.29, 0.717) is 30.4 Å². The molecule has 0 spiro atoms. The molecular weight excluding hydrogens is 343 g/mol. The molecule has 0 aliphatic carbocycles. The van der Waals surface area contributed by atoms with Crippen molar-refractivity contribution in [1.29, 1.82) is 0 Å². The zero-order chi connectivity index (χ0) is 17.5. The topological polar surface area (TPSA) is 56.7 Å². The maximum atomic E-state index is 12.5. The third-order valence-corrected chi connectivity index (χ3v) is 5.10. The zero-order valence-corrected chi connectivity index (χ0v) is 13.7. The number of carboxylic acid groups (broad SMARTS) is 1. The Bertz CT molecular complexity index is 762. The minimum Gasteiger partial charge on any atom is -0.477 e. The second kappa shape index (κ2) is 6.21. The number of hydrogen-bond donors (Lipinski definition) is 1. The second-order valence-corrected chi connectivity index (χ2v) is 6.71. The first-order valence-corrected chi connectivity index (χ1v) is 8.16. The number of hydrogen-bond acceptors (Lipinski definition) is 5. The van der Waals surface area contributed by atoms with E-state index in [1.165, 1.54) is 11.9 Å². The molecule has 1 N–H and O–H groups in total. The molecule has 1 atom stereocenters. The Morgan fingerprint density at radius 3 is 2.92 bits per heavy atom. The van der Waals surface area contributed by atoms with E-state index in [4.69, 9.17) is 5.11 Å². The summed E-state index contributed by atoms with van der Waals surface area (Å²) in [5.41, 5.74) is 1.45. The normalized spacial score (nSPS) is 18.7. The van der Waals surface area contributed by atoms with Crippen molar-refractivity contribution in [2.75, 3.05) is 31.6 Å². The summed E-state index contributed by atoms with van der Waals surface area (Å²) in [6, 6.07) is 5.15. The van der Waals surface area contributed by atoms with Crippen LogP contribution in [-0.4, -0.2) is 59.2 Å². The van der Waals surface area contributed by atoms with Crippen molar-refractivity contribution in [1.82, 2.24) is 9.27 Å². The fourth-order valence-corrected chi connectivity index (χ4v) is 3.72. The number of nitrogens with zero attached hydrogens (tertiary/aromatic N) is 3. The van der Waals surface area contributed by atoms with Crippen LogP contribution in [0.15, 0.2) is 18.2 Å². The van der Waals surface area contributed by atoms with Gasteiger partial charge in [-0.05, 0) is 43.2 Å². The van der Waals surface area contributed by atoms with Crippen LogP contribution >= 0.6 is 11.5 Å². The van der Waals surface area contributed by atoms with Crippen molar-refractivity contribution >= 4 is 34.1 Å². The maximum Gasteiger partial charge on any atom is 0.401 e. The summed E-state index contributed by atoms with van der Waals surface area (Å²) in [4.78, 5) is 14.7. The molecule has 1 aromatic heterocycles. The molecule has 5 nitrogen and oxygen atoms in total. The lowest BCUT2D eigenvalue weighted by molar-refractivity contribution is -0.146. The number of fused-ring (bicyclic) bond motifs is 1. The lowest BCUT2D eigenvalue weighted by Crippen LogP contribution is -2.40. The zero-order valence-electron chi connectivity index (χ0n) is 12.9. The van der Waals surface area contributed by atoms with Crippen LogP contribution in [-0.2, 0) is 0 Å². The number of aromatic nitrogens is 1. The van der Waals surface area contributed by atoms with E-state index in [1.54, 1.807) is 18.2 Å². The SMILES string of the molecule is CN(CC(F)(F)F)C1CCN(c2ccc3c(C(=O)O)snc3c2)C1. The first kappa shape index (κ1) is 17.0. The monoisotopic (exact) mass is 359 g/mol. The summed E-state index contributed by atoms with van der Waals surface area (Å²) in [6.07, 6.45) is -3.54. The van der Waals surface area contributed by atoms with E-state index in [9.17, 15) is 18.0 Å². The summed E-state index contributed by atoms with van der Waals surface area (Å²) in [7, 11) is 1.49. The number of aromatic carboxylic acids is 1. The minimum absolute atomic E-state index is 0.160. The van der Waals surface area contributed by atoms with Crippen molar-refractivity contribution in [3.63, 3.8) is 0 Å². The van der Waals surface area contributed by atoms with Crippen molar-refractivity contribution in [3.05, 3.63) is 23.1 Å². The van der Waals surface area contributed by atoms with Crippen LogP contribution in [0, 0.1) is 0 Å². The molecule has 9 heteroatoms. The average Bonchev–Trinajstić information content (AvgIpc) is 3.11. The van der Waals surface area contributed by atoms with Crippen LogP contribution in [0.4, 0.5) is 18.9 Å². The molecule has 0 radical (unpaired) electrons. The van der Waals surface area contributed by atoms with Gasteiger partial charge in [-0.3, -0.25) is 4.90 Å². The minimum atomic E-state index is -4.20. The molecule has 1 aliphatic heterocycles. The van der Waals surface area contributed by atoms with Crippen molar-refractivity contribution < 1.29 is 23.1 Å². The van der Waals surface area contributed by atoms with Gasteiger partial charge in [-0.1, -0.05) is 0 Å². The van der Waals surface area contributed by atoms with E-state index in [2.05, 4.69) is 4.37 Å². The summed E-state index contributed by atoms with van der Waals surface area (Å²) in [6.45, 7) is 0.251. The Morgan fingerprint density at radius 1 is 1.50 bits per heavy atom. The fourth-order valence-electron chi connectivity index (χ4n) is 3.03. The Labute approximate surface area is 140 Å². The molecule has 2 aromatic rings. The van der Waals surface area contributed by atoms with E-state index < -0.39 is 18.7 Å². The predicted octanol–water partition coefficient (Wildman–Crippen LogP) is 3.07. The Kier molecular flexibility index (Phi) is 4.39. The third-order valence-electron chi connectivity index (χ3n) is 4.24. The standard InChI is InChI=1S/C15H16F3N3O2S/c1-20(8-15(16,17)18)10-4-5-21(7-10)9-2-3-11-12(6-9)19-24-13(11)14(22)23/h2-3,6,10H,4-5,7-8H2,1H3,(H,22,23). The highest BCUT2D eigenvalue weighted by molar-refractivity contribution is 7.09. The van der Waals surface area contributed by atoms with E-state index in [1.807, 2.05) is 4.90 Å². The average molecular weight is 359 g/mol. The first-order valence-electron chi connectivity index (χ1n) is 7.39. The molecule has 0 bridgehead atoms. The van der Waals surface area contributed by atoms with Crippen molar-refractivity contribution in [2.24, 2.45) is 0 Å². The van der Waals surface area contributed by atoms with Gasteiger partial charge in [0, 0.05) is 30.2 Å². The molecule has 2 heterocycles. The number of carboxylic acids is 1. The highest BCUT2D eigenvalue weighted by Gasteiger charge is 2.34. The predicted molar refractivity (Wildman–Crippen MR) is 85.9 cm³/mol. The smallest absolute Gasteiger partial charge is 0.401 e. The quantitative estimate of drug-likeness (QED) is 0.909. The molecule has 1 saturated heterocycles. The second-order valence-electron chi connectivity index (χ2n) is 5.94. The van der Waals surface area contributed by atoms with E-state index in [0.717, 1.165) is 17.2 Å². The number of rotatable bonds is 4. The highest BCUT2D eigenvalue weighted by atomic mass is 32.1. The lowest BCUT2D eigenvalue weighted by Gasteiger charge is -2.26. The van der Waals surface area contributed by atoms with Crippen molar-refractivity contribution in [2.45, 2.75) is 18.6 Å². The molecule has 130 valence electrons. The van der Waals surface area contributed by atoms with Gasteiger partial charge in [0.1, 0.15) is 4.88 Å². The van der Waals surface area contributed by atoms with Crippen LogP contribution in [0.2, 0.25) is 0 Å². The van der Waals surface area contributed by atoms with Gasteiger partial charge >= 0.3 is 12.1 Å². The number of alkyl halides is 3. The summed E-state index contributed by atoms with van der Waals surface area (Å²) < 4.78 is 41.7. The Hall–Kier alpha value is -1.87. The van der Waals surface area contributed by atoms with Crippen molar-refractivity contribution in [3.8, 4) is 0 Å². The van der Waals surface area contributed by atoms with Gasteiger partial charge < -0.3 is 10.0 Å². The molecule has 3 rings (SSSR count). The summed E-state index contributed by atoms with van der Waals surface area (Å²) >= 11 is 0.933. The molecule has 0 amide bonds. The molecule has 1 fully saturated rings. The molecule has 1 unspecified atom stereocenters. The van der Waals surface area contributed by atoms with Crippen LogP contribution in [0.3, 0.4) is 0 Å². The first-order chi connectivity index (χ1) is 11.2. The van der Waals surface area contributed by atoms with Gasteiger partial charge in [0.2, 0.25) is 0 Å².